The smallest absolute Gasteiger partial charge is 0.175 e. The Hall–Kier alpha value is -1.84. The van der Waals surface area contributed by atoms with Crippen LogP contribution >= 0.6 is 27.3 Å². The van der Waals surface area contributed by atoms with Crippen molar-refractivity contribution in [1.29, 1.82) is 5.26 Å². The van der Waals surface area contributed by atoms with Gasteiger partial charge in [-0.2, -0.15) is 5.26 Å². The average molecular weight is 475 g/mol. The number of rotatable bonds is 5. The molecule has 29 heavy (non-hydrogen) atoms. The van der Waals surface area contributed by atoms with E-state index in [4.69, 9.17) is 9.47 Å². The third-order valence-electron chi connectivity index (χ3n) is 5.45. The van der Waals surface area contributed by atoms with Crippen LogP contribution in [-0.2, 0) is 12.8 Å². The predicted molar refractivity (Wildman–Crippen MR) is 123 cm³/mol. The molecule has 0 spiro atoms. The van der Waals surface area contributed by atoms with E-state index in [0.717, 1.165) is 39.9 Å². The Balaban J connectivity index is 1.92. The Bertz CT molecular complexity index is 967. The lowest BCUT2D eigenvalue weighted by Crippen LogP contribution is -2.26. The Morgan fingerprint density at radius 1 is 1.38 bits per heavy atom. The number of fused-ring (bicyclic) bond motifs is 1. The molecule has 0 saturated heterocycles. The highest BCUT2D eigenvalue weighted by Gasteiger charge is 2.32. The highest BCUT2D eigenvalue weighted by molar-refractivity contribution is 9.10. The summed E-state index contributed by atoms with van der Waals surface area (Å²) in [6.45, 7) is 9.41. The highest BCUT2D eigenvalue weighted by Crippen LogP contribution is 2.45. The molecule has 6 heteroatoms. The largest absolute Gasteiger partial charge is 0.493 e. The van der Waals surface area contributed by atoms with Gasteiger partial charge in [0.2, 0.25) is 0 Å². The Labute approximate surface area is 185 Å². The fourth-order valence-electron chi connectivity index (χ4n) is 3.75. The normalized spacial score (nSPS) is 16.5. The fraction of sp³-hybridized carbons (Fsp3) is 0.478. The minimum atomic E-state index is 0.281. The highest BCUT2D eigenvalue weighted by atomic mass is 79.9. The van der Waals surface area contributed by atoms with Crippen LogP contribution in [0.3, 0.4) is 0 Å². The van der Waals surface area contributed by atoms with Crippen LogP contribution in [0.4, 0.5) is 5.00 Å². The minimum absolute atomic E-state index is 0.281. The zero-order chi connectivity index (χ0) is 21.2. The van der Waals surface area contributed by atoms with Crippen molar-refractivity contribution in [3.8, 4) is 17.6 Å². The summed E-state index contributed by atoms with van der Waals surface area (Å²) in [4.78, 5) is 6.01. The van der Waals surface area contributed by atoms with E-state index in [9.17, 15) is 5.26 Å². The van der Waals surface area contributed by atoms with Crippen molar-refractivity contribution in [3.05, 3.63) is 38.2 Å². The Kier molecular flexibility index (Phi) is 6.70. The molecule has 1 atom stereocenters. The first-order valence-corrected chi connectivity index (χ1v) is 11.5. The second kappa shape index (κ2) is 8.89. The van der Waals surface area contributed by atoms with E-state index in [1.807, 2.05) is 19.1 Å². The zero-order valence-corrected chi connectivity index (χ0v) is 20.0. The summed E-state index contributed by atoms with van der Waals surface area (Å²) in [5.74, 6) is 1.98. The number of methoxy groups -OCH3 is 1. The van der Waals surface area contributed by atoms with Crippen molar-refractivity contribution in [2.75, 3.05) is 13.7 Å². The van der Waals surface area contributed by atoms with Crippen LogP contribution in [0.2, 0.25) is 0 Å². The lowest BCUT2D eigenvalue weighted by molar-refractivity contribution is 0.218. The summed E-state index contributed by atoms with van der Waals surface area (Å²) in [6, 6.07) is 6.24. The minimum Gasteiger partial charge on any atom is -0.493 e. The van der Waals surface area contributed by atoms with Gasteiger partial charge in [0, 0.05) is 11.1 Å². The molecule has 4 nitrogen and oxygen atoms in total. The first-order valence-electron chi connectivity index (χ1n) is 9.87. The molecule has 1 aliphatic rings. The topological polar surface area (TPSA) is 54.6 Å². The SMILES string of the molecule is CCOc1c(Br)cc(C=Nc2sc3c(c2C#N)CC[C@H](C(C)(C)C)C3)cc1OC. The van der Waals surface area contributed by atoms with Crippen molar-refractivity contribution < 1.29 is 9.47 Å². The molecule has 0 amide bonds. The first-order chi connectivity index (χ1) is 13.8. The van der Waals surface area contributed by atoms with Gasteiger partial charge in [0.05, 0.1) is 23.8 Å². The molecule has 3 rings (SSSR count). The molecule has 0 aliphatic heterocycles. The van der Waals surface area contributed by atoms with E-state index in [1.165, 1.54) is 10.4 Å². The van der Waals surface area contributed by atoms with Gasteiger partial charge < -0.3 is 9.47 Å². The summed E-state index contributed by atoms with van der Waals surface area (Å²) >= 11 is 5.21. The third kappa shape index (κ3) is 4.67. The van der Waals surface area contributed by atoms with E-state index in [2.05, 4.69) is 47.8 Å². The number of nitriles is 1. The zero-order valence-electron chi connectivity index (χ0n) is 17.6. The summed E-state index contributed by atoms with van der Waals surface area (Å²) in [5.41, 5.74) is 3.12. The van der Waals surface area contributed by atoms with Crippen LogP contribution in [0.5, 0.6) is 11.5 Å². The lowest BCUT2D eigenvalue weighted by atomic mass is 9.72. The number of aliphatic imine (C=N–C) groups is 1. The first kappa shape index (κ1) is 21.9. The molecule has 1 aromatic carbocycles. The van der Waals surface area contributed by atoms with Crippen molar-refractivity contribution in [3.63, 3.8) is 0 Å². The number of benzene rings is 1. The monoisotopic (exact) mass is 474 g/mol. The van der Waals surface area contributed by atoms with Crippen LogP contribution in [0.15, 0.2) is 21.6 Å². The standard InChI is InChI=1S/C23H27BrN2O2S/c1-6-28-21-18(24)9-14(10-19(21)27-5)13-26-22-17(12-25)16-8-7-15(23(2,3)4)11-20(16)29-22/h9-10,13,15H,6-8,11H2,1-5H3/t15-/m0/s1. The van der Waals surface area contributed by atoms with E-state index >= 15 is 0 Å². The van der Waals surface area contributed by atoms with Crippen molar-refractivity contribution in [2.24, 2.45) is 16.3 Å². The summed E-state index contributed by atoms with van der Waals surface area (Å²) < 4.78 is 11.9. The molecule has 0 fully saturated rings. The second-order valence-electron chi connectivity index (χ2n) is 8.33. The average Bonchev–Trinajstić information content (AvgIpc) is 3.04. The predicted octanol–water partition coefficient (Wildman–Crippen LogP) is 6.69. The van der Waals surface area contributed by atoms with Gasteiger partial charge in [-0.05, 0) is 76.7 Å². The molecule has 0 unspecified atom stereocenters. The van der Waals surface area contributed by atoms with Crippen LogP contribution < -0.4 is 9.47 Å². The van der Waals surface area contributed by atoms with Crippen LogP contribution in [-0.4, -0.2) is 19.9 Å². The van der Waals surface area contributed by atoms with Crippen molar-refractivity contribution in [1.82, 2.24) is 0 Å². The molecular formula is C23H27BrN2O2S. The van der Waals surface area contributed by atoms with E-state index in [-0.39, 0.29) is 5.41 Å². The van der Waals surface area contributed by atoms with Gasteiger partial charge >= 0.3 is 0 Å². The lowest BCUT2D eigenvalue weighted by Gasteiger charge is -2.33. The van der Waals surface area contributed by atoms with Crippen LogP contribution in [0.1, 0.15) is 55.7 Å². The maximum atomic E-state index is 9.75. The maximum Gasteiger partial charge on any atom is 0.175 e. The maximum absolute atomic E-state index is 9.75. The van der Waals surface area contributed by atoms with E-state index in [1.54, 1.807) is 24.7 Å². The Morgan fingerprint density at radius 3 is 2.76 bits per heavy atom. The number of halogens is 1. The molecule has 154 valence electrons. The number of hydrogen-bond acceptors (Lipinski definition) is 5. The van der Waals surface area contributed by atoms with Gasteiger partial charge in [-0.3, -0.25) is 0 Å². The molecular weight excluding hydrogens is 448 g/mol. The summed E-state index contributed by atoms with van der Waals surface area (Å²) in [5, 5.41) is 10.5. The molecule has 0 radical (unpaired) electrons. The Morgan fingerprint density at radius 2 is 2.14 bits per heavy atom. The van der Waals surface area contributed by atoms with Gasteiger partial charge in [0.15, 0.2) is 11.5 Å². The number of hydrogen-bond donors (Lipinski definition) is 0. The van der Waals surface area contributed by atoms with Gasteiger partial charge in [0.25, 0.3) is 0 Å². The van der Waals surface area contributed by atoms with Crippen molar-refractivity contribution in [2.45, 2.75) is 47.0 Å². The number of ether oxygens (including phenoxy) is 2. The van der Waals surface area contributed by atoms with E-state index < -0.39 is 0 Å². The van der Waals surface area contributed by atoms with Crippen molar-refractivity contribution >= 4 is 38.5 Å². The van der Waals surface area contributed by atoms with Crippen LogP contribution in [0.25, 0.3) is 0 Å². The van der Waals surface area contributed by atoms with Crippen LogP contribution in [0, 0.1) is 22.7 Å². The summed E-state index contributed by atoms with van der Waals surface area (Å²) in [7, 11) is 1.62. The quantitative estimate of drug-likeness (QED) is 0.453. The van der Waals surface area contributed by atoms with Gasteiger partial charge in [-0.15, -0.1) is 11.3 Å². The third-order valence-corrected chi connectivity index (χ3v) is 7.21. The molecule has 1 aromatic heterocycles. The number of thiophene rings is 1. The molecule has 2 aromatic rings. The molecule has 0 N–H and O–H groups in total. The molecule has 0 bridgehead atoms. The van der Waals surface area contributed by atoms with Gasteiger partial charge in [0.1, 0.15) is 11.1 Å². The van der Waals surface area contributed by atoms with E-state index in [0.29, 0.717) is 24.0 Å². The second-order valence-corrected chi connectivity index (χ2v) is 10.3. The fourth-order valence-corrected chi connectivity index (χ4v) is 5.54. The number of nitrogens with zero attached hydrogens (tertiary/aromatic N) is 2. The summed E-state index contributed by atoms with van der Waals surface area (Å²) in [6.07, 6.45) is 4.93. The van der Waals surface area contributed by atoms with Gasteiger partial charge in [-0.1, -0.05) is 20.8 Å². The molecule has 1 aliphatic carbocycles. The van der Waals surface area contributed by atoms with Gasteiger partial charge in [-0.25, -0.2) is 4.99 Å². The molecule has 1 heterocycles. The molecule has 0 saturated carbocycles.